The number of rotatable bonds is 5. The van der Waals surface area contributed by atoms with Crippen molar-refractivity contribution >= 4 is 9.84 Å². The highest BCUT2D eigenvalue weighted by Gasteiger charge is 2.26. The van der Waals surface area contributed by atoms with Gasteiger partial charge in [-0.05, 0) is 25.0 Å². The van der Waals surface area contributed by atoms with Gasteiger partial charge in [-0.3, -0.25) is 11.3 Å². The van der Waals surface area contributed by atoms with Crippen molar-refractivity contribution in [2.45, 2.75) is 24.6 Å². The molecule has 2 atom stereocenters. The summed E-state index contributed by atoms with van der Waals surface area (Å²) in [6, 6.07) is 2.52. The predicted octanol–water partition coefficient (Wildman–Crippen LogP) is 0.772. The number of hydrogen-bond donors (Lipinski definition) is 2. The van der Waals surface area contributed by atoms with Crippen LogP contribution in [0.1, 0.15) is 12.5 Å². The zero-order valence-corrected chi connectivity index (χ0v) is 11.0. The van der Waals surface area contributed by atoms with Crippen LogP contribution < -0.4 is 11.3 Å². The first-order chi connectivity index (χ1) is 8.25. The van der Waals surface area contributed by atoms with E-state index < -0.39 is 32.8 Å². The van der Waals surface area contributed by atoms with E-state index in [1.54, 1.807) is 0 Å². The summed E-state index contributed by atoms with van der Waals surface area (Å²) in [5, 5.41) is -0.771. The molecule has 0 saturated carbocycles. The van der Waals surface area contributed by atoms with E-state index in [1.807, 2.05) is 0 Å². The molecule has 0 aromatic heterocycles. The van der Waals surface area contributed by atoms with Crippen LogP contribution in [0.4, 0.5) is 8.78 Å². The van der Waals surface area contributed by atoms with E-state index in [-0.39, 0.29) is 12.0 Å². The molecule has 1 aromatic carbocycles. The third kappa shape index (κ3) is 3.72. The summed E-state index contributed by atoms with van der Waals surface area (Å²) in [4.78, 5) is 0. The highest BCUT2D eigenvalue weighted by molar-refractivity contribution is 7.91. The molecule has 0 spiro atoms. The van der Waals surface area contributed by atoms with Gasteiger partial charge in [-0.1, -0.05) is 6.07 Å². The van der Waals surface area contributed by atoms with Gasteiger partial charge >= 0.3 is 0 Å². The Kier molecular flexibility index (Phi) is 4.78. The molecule has 0 fully saturated rings. The first-order valence-corrected chi connectivity index (χ1v) is 7.30. The molecule has 0 aliphatic heterocycles. The van der Waals surface area contributed by atoms with Crippen LogP contribution in [0.25, 0.3) is 0 Å². The standard InChI is InChI=1S/C11H16F2N2O2S/c1-7(18(2,16)17)11(15-14)5-8-3-4-9(12)6-10(8)13/h3-4,6-7,11,15H,5,14H2,1-2H3. The first-order valence-electron chi connectivity index (χ1n) is 5.34. The van der Waals surface area contributed by atoms with Crippen LogP contribution in [-0.4, -0.2) is 26.0 Å². The van der Waals surface area contributed by atoms with Gasteiger partial charge in [0.25, 0.3) is 0 Å². The van der Waals surface area contributed by atoms with Gasteiger partial charge in [0.15, 0.2) is 9.84 Å². The second-order valence-corrected chi connectivity index (χ2v) is 6.65. The second kappa shape index (κ2) is 5.73. The van der Waals surface area contributed by atoms with Crippen LogP contribution in [0.5, 0.6) is 0 Å². The van der Waals surface area contributed by atoms with Crippen LogP contribution in [0.3, 0.4) is 0 Å². The van der Waals surface area contributed by atoms with Crippen LogP contribution in [0, 0.1) is 11.6 Å². The Morgan fingerprint density at radius 1 is 1.39 bits per heavy atom. The van der Waals surface area contributed by atoms with E-state index in [9.17, 15) is 17.2 Å². The lowest BCUT2D eigenvalue weighted by molar-refractivity contribution is 0.481. The van der Waals surface area contributed by atoms with Gasteiger partial charge in [0, 0.05) is 18.4 Å². The number of hydrazine groups is 1. The molecule has 0 amide bonds. The minimum absolute atomic E-state index is 0.0663. The smallest absolute Gasteiger partial charge is 0.151 e. The summed E-state index contributed by atoms with van der Waals surface area (Å²) in [5.74, 6) is 3.90. The van der Waals surface area contributed by atoms with Gasteiger partial charge in [0.2, 0.25) is 0 Å². The molecule has 3 N–H and O–H groups in total. The van der Waals surface area contributed by atoms with Crippen LogP contribution in [0.2, 0.25) is 0 Å². The number of benzene rings is 1. The van der Waals surface area contributed by atoms with Crippen LogP contribution in [0.15, 0.2) is 18.2 Å². The van der Waals surface area contributed by atoms with Crippen LogP contribution >= 0.6 is 0 Å². The number of nitrogens with one attached hydrogen (secondary N) is 1. The predicted molar refractivity (Wildman–Crippen MR) is 65.5 cm³/mol. The molecular formula is C11H16F2N2O2S. The van der Waals surface area contributed by atoms with Crippen molar-refractivity contribution in [3.63, 3.8) is 0 Å². The zero-order chi connectivity index (χ0) is 13.9. The van der Waals surface area contributed by atoms with Crippen molar-refractivity contribution in [2.24, 2.45) is 5.84 Å². The van der Waals surface area contributed by atoms with E-state index in [0.29, 0.717) is 0 Å². The summed E-state index contributed by atoms with van der Waals surface area (Å²) < 4.78 is 49.0. The Morgan fingerprint density at radius 2 is 2.00 bits per heavy atom. The van der Waals surface area contributed by atoms with E-state index in [2.05, 4.69) is 5.43 Å². The molecule has 0 aliphatic carbocycles. The van der Waals surface area contributed by atoms with Gasteiger partial charge in [-0.25, -0.2) is 17.2 Å². The molecule has 1 aromatic rings. The molecule has 1 rings (SSSR count). The molecular weight excluding hydrogens is 262 g/mol. The summed E-state index contributed by atoms with van der Waals surface area (Å²) in [6.07, 6.45) is 1.15. The third-order valence-corrected chi connectivity index (χ3v) is 4.59. The topological polar surface area (TPSA) is 72.2 Å². The molecule has 2 unspecified atom stereocenters. The van der Waals surface area contributed by atoms with Crippen molar-refractivity contribution in [3.8, 4) is 0 Å². The Morgan fingerprint density at radius 3 is 2.44 bits per heavy atom. The Bertz CT molecular complexity index is 520. The number of hydrogen-bond acceptors (Lipinski definition) is 4. The molecule has 4 nitrogen and oxygen atoms in total. The lowest BCUT2D eigenvalue weighted by atomic mass is 10.0. The first kappa shape index (κ1) is 15.0. The van der Waals surface area contributed by atoms with E-state index >= 15 is 0 Å². The third-order valence-electron chi connectivity index (χ3n) is 2.91. The monoisotopic (exact) mass is 278 g/mol. The fourth-order valence-corrected chi connectivity index (χ4v) is 2.35. The number of halogens is 2. The van der Waals surface area contributed by atoms with Crippen molar-refractivity contribution in [1.82, 2.24) is 5.43 Å². The van der Waals surface area contributed by atoms with Gasteiger partial charge < -0.3 is 0 Å². The maximum Gasteiger partial charge on any atom is 0.151 e. The number of sulfone groups is 1. The largest absolute Gasteiger partial charge is 0.271 e. The van der Waals surface area contributed by atoms with Crippen molar-refractivity contribution < 1.29 is 17.2 Å². The van der Waals surface area contributed by atoms with Crippen molar-refractivity contribution in [3.05, 3.63) is 35.4 Å². The molecule has 18 heavy (non-hydrogen) atoms. The van der Waals surface area contributed by atoms with Gasteiger partial charge in [0.05, 0.1) is 5.25 Å². The Hall–Kier alpha value is -1.05. The quantitative estimate of drug-likeness (QED) is 0.616. The normalized spacial score (nSPS) is 15.4. The lowest BCUT2D eigenvalue weighted by Crippen LogP contribution is -2.47. The second-order valence-electron chi connectivity index (χ2n) is 4.25. The van der Waals surface area contributed by atoms with Gasteiger partial charge in [0.1, 0.15) is 11.6 Å². The number of nitrogens with two attached hydrogens (primary N) is 1. The summed E-state index contributed by atoms with van der Waals surface area (Å²) in [7, 11) is -3.29. The molecule has 102 valence electrons. The summed E-state index contributed by atoms with van der Waals surface area (Å²) in [6.45, 7) is 1.49. The van der Waals surface area contributed by atoms with Gasteiger partial charge in [-0.2, -0.15) is 0 Å². The minimum atomic E-state index is -3.29. The Labute approximate surface area is 105 Å². The molecule has 7 heteroatoms. The SMILES string of the molecule is CC(C(Cc1ccc(F)cc1F)NN)S(C)(=O)=O. The fourth-order valence-electron chi connectivity index (χ4n) is 1.58. The highest BCUT2D eigenvalue weighted by atomic mass is 32.2. The maximum atomic E-state index is 13.4. The summed E-state index contributed by atoms with van der Waals surface area (Å²) in [5.41, 5.74) is 2.58. The minimum Gasteiger partial charge on any atom is -0.271 e. The fraction of sp³-hybridized carbons (Fsp3) is 0.455. The molecule has 0 bridgehead atoms. The van der Waals surface area contributed by atoms with Crippen LogP contribution in [-0.2, 0) is 16.3 Å². The van der Waals surface area contributed by atoms with Crippen molar-refractivity contribution in [2.75, 3.05) is 6.26 Å². The molecule has 0 radical (unpaired) electrons. The summed E-state index contributed by atoms with van der Waals surface area (Å²) >= 11 is 0. The maximum absolute atomic E-state index is 13.4. The molecule has 0 heterocycles. The van der Waals surface area contributed by atoms with E-state index in [0.717, 1.165) is 18.4 Å². The van der Waals surface area contributed by atoms with Crippen molar-refractivity contribution in [1.29, 1.82) is 0 Å². The lowest BCUT2D eigenvalue weighted by Gasteiger charge is -2.22. The highest BCUT2D eigenvalue weighted by Crippen LogP contribution is 2.15. The average Bonchev–Trinajstić information content (AvgIpc) is 2.26. The average molecular weight is 278 g/mol. The molecule has 0 saturated heterocycles. The van der Waals surface area contributed by atoms with E-state index in [1.165, 1.54) is 13.0 Å². The van der Waals surface area contributed by atoms with Gasteiger partial charge in [-0.15, -0.1) is 0 Å². The van der Waals surface area contributed by atoms with E-state index in [4.69, 9.17) is 5.84 Å². The Balaban J connectivity index is 2.93. The zero-order valence-electron chi connectivity index (χ0n) is 10.2. The molecule has 0 aliphatic rings.